The van der Waals surface area contributed by atoms with Crippen molar-refractivity contribution in [2.75, 3.05) is 11.5 Å². The first-order valence-corrected chi connectivity index (χ1v) is 4.68. The van der Waals surface area contributed by atoms with Crippen molar-refractivity contribution in [3.8, 4) is 0 Å². The molecule has 0 heterocycles. The van der Waals surface area contributed by atoms with Gasteiger partial charge in [0, 0.05) is 5.75 Å². The highest BCUT2D eigenvalue weighted by Crippen LogP contribution is 2.27. The molecule has 0 bridgehead atoms. The number of carboxylic acids is 1. The largest absolute Gasteiger partial charge is 0.481 e. The highest BCUT2D eigenvalue weighted by atomic mass is 32.2. The van der Waals surface area contributed by atoms with Crippen molar-refractivity contribution < 1.29 is 23.1 Å². The maximum atomic E-state index is 11.7. The van der Waals surface area contributed by atoms with Crippen LogP contribution in [0.4, 0.5) is 13.2 Å². The molecule has 6 heteroatoms. The summed E-state index contributed by atoms with van der Waals surface area (Å²) in [6.07, 6.45) is -4.22. The second-order valence-corrected chi connectivity index (χ2v) is 4.28. The van der Waals surface area contributed by atoms with Gasteiger partial charge >= 0.3 is 12.1 Å². The molecule has 0 spiro atoms. The molecule has 0 aromatic heterocycles. The molecule has 1 N–H and O–H groups in total. The predicted molar refractivity (Wildman–Crippen MR) is 44.8 cm³/mol. The fourth-order valence-electron chi connectivity index (χ4n) is 0.484. The van der Waals surface area contributed by atoms with Gasteiger partial charge in [0.15, 0.2) is 0 Å². The van der Waals surface area contributed by atoms with Crippen molar-refractivity contribution in [2.45, 2.75) is 20.0 Å². The van der Waals surface area contributed by atoms with E-state index < -0.39 is 23.3 Å². The third-order valence-electron chi connectivity index (χ3n) is 1.31. The molecule has 0 fully saturated rings. The molecule has 0 aliphatic carbocycles. The molecule has 0 saturated heterocycles. The van der Waals surface area contributed by atoms with E-state index in [0.29, 0.717) is 11.8 Å². The minimum absolute atomic E-state index is 0.0398. The first-order valence-electron chi connectivity index (χ1n) is 3.53. The van der Waals surface area contributed by atoms with E-state index >= 15 is 0 Å². The lowest BCUT2D eigenvalue weighted by Crippen LogP contribution is -2.27. The average Bonchev–Trinajstić information content (AvgIpc) is 1.82. The Morgan fingerprint density at radius 2 is 1.77 bits per heavy atom. The Labute approximate surface area is 78.5 Å². The summed E-state index contributed by atoms with van der Waals surface area (Å²) in [5, 5.41) is 8.58. The van der Waals surface area contributed by atoms with E-state index in [9.17, 15) is 18.0 Å². The summed E-state index contributed by atoms with van der Waals surface area (Å²) < 4.78 is 35.0. The van der Waals surface area contributed by atoms with Gasteiger partial charge in [-0.15, -0.1) is 0 Å². The third kappa shape index (κ3) is 5.79. The topological polar surface area (TPSA) is 37.3 Å². The van der Waals surface area contributed by atoms with Crippen molar-refractivity contribution in [1.82, 2.24) is 0 Å². The highest BCUT2D eigenvalue weighted by Gasteiger charge is 2.31. The number of halogens is 3. The van der Waals surface area contributed by atoms with Crippen LogP contribution in [0.3, 0.4) is 0 Å². The number of thioether (sulfide) groups is 1. The van der Waals surface area contributed by atoms with Crippen molar-refractivity contribution in [1.29, 1.82) is 0 Å². The Morgan fingerprint density at radius 3 is 2.08 bits per heavy atom. The van der Waals surface area contributed by atoms with E-state index in [2.05, 4.69) is 0 Å². The maximum absolute atomic E-state index is 11.7. The van der Waals surface area contributed by atoms with E-state index in [1.54, 1.807) is 0 Å². The summed E-state index contributed by atoms with van der Waals surface area (Å²) in [4.78, 5) is 10.5. The van der Waals surface area contributed by atoms with Crippen LogP contribution >= 0.6 is 11.8 Å². The lowest BCUT2D eigenvalue weighted by molar-refractivity contribution is -0.145. The van der Waals surface area contributed by atoms with Gasteiger partial charge in [-0.3, -0.25) is 4.79 Å². The molecular formula is C7H11F3O2S. The van der Waals surface area contributed by atoms with E-state index in [1.807, 2.05) is 0 Å². The van der Waals surface area contributed by atoms with Crippen LogP contribution in [0, 0.1) is 5.41 Å². The molecule has 0 rings (SSSR count). The molecule has 0 aliphatic rings. The van der Waals surface area contributed by atoms with Crippen molar-refractivity contribution in [2.24, 2.45) is 5.41 Å². The van der Waals surface area contributed by atoms with Crippen LogP contribution in [0.5, 0.6) is 0 Å². The lowest BCUT2D eigenvalue weighted by Gasteiger charge is -2.18. The normalized spacial score (nSPS) is 13.0. The van der Waals surface area contributed by atoms with E-state index in [-0.39, 0.29) is 5.75 Å². The third-order valence-corrected chi connectivity index (χ3v) is 2.76. The summed E-state index contributed by atoms with van der Waals surface area (Å²) in [6, 6.07) is 0. The molecule has 0 radical (unpaired) electrons. The van der Waals surface area contributed by atoms with Gasteiger partial charge in [-0.2, -0.15) is 24.9 Å². The number of hydrogen-bond acceptors (Lipinski definition) is 2. The predicted octanol–water partition coefficient (Wildman–Crippen LogP) is 2.39. The SMILES string of the molecule is CC(C)(CSCC(F)(F)F)C(=O)O. The summed E-state index contributed by atoms with van der Waals surface area (Å²) in [5.74, 6) is -2.12. The highest BCUT2D eigenvalue weighted by molar-refractivity contribution is 7.99. The Hall–Kier alpha value is -0.390. The van der Waals surface area contributed by atoms with E-state index in [0.717, 1.165) is 0 Å². The summed E-state index contributed by atoms with van der Waals surface area (Å²) in [7, 11) is 0. The zero-order valence-corrected chi connectivity index (χ0v) is 8.13. The van der Waals surface area contributed by atoms with E-state index in [4.69, 9.17) is 5.11 Å². The molecular weight excluding hydrogens is 205 g/mol. The van der Waals surface area contributed by atoms with Crippen LogP contribution in [0.2, 0.25) is 0 Å². The van der Waals surface area contributed by atoms with Gasteiger partial charge < -0.3 is 5.11 Å². The van der Waals surface area contributed by atoms with Crippen molar-refractivity contribution >= 4 is 17.7 Å². The minimum Gasteiger partial charge on any atom is -0.481 e. The van der Waals surface area contributed by atoms with Gasteiger partial charge in [-0.1, -0.05) is 0 Å². The molecule has 0 aliphatic heterocycles. The average molecular weight is 216 g/mol. The second kappa shape index (κ2) is 4.21. The van der Waals surface area contributed by atoms with Crippen LogP contribution in [0.25, 0.3) is 0 Å². The minimum atomic E-state index is -4.22. The van der Waals surface area contributed by atoms with Gasteiger partial charge in [-0.05, 0) is 13.8 Å². The quantitative estimate of drug-likeness (QED) is 0.784. The molecule has 2 nitrogen and oxygen atoms in total. The van der Waals surface area contributed by atoms with Crippen LogP contribution in [-0.2, 0) is 4.79 Å². The number of alkyl halides is 3. The Balaban J connectivity index is 3.84. The molecule has 78 valence electrons. The number of hydrogen-bond donors (Lipinski definition) is 1. The van der Waals surface area contributed by atoms with Gasteiger partial charge in [0.2, 0.25) is 0 Å². The first-order chi connectivity index (χ1) is 5.65. The molecule has 0 unspecified atom stereocenters. The Bertz CT molecular complexity index is 189. The fourth-order valence-corrected chi connectivity index (χ4v) is 1.45. The Kier molecular flexibility index (Phi) is 4.09. The lowest BCUT2D eigenvalue weighted by atomic mass is 9.97. The molecule has 0 amide bonds. The molecule has 0 saturated carbocycles. The number of carbonyl (C=O) groups is 1. The number of aliphatic carboxylic acids is 1. The van der Waals surface area contributed by atoms with Crippen LogP contribution in [-0.4, -0.2) is 28.8 Å². The molecule has 0 aromatic carbocycles. The number of carboxylic acid groups (broad SMARTS) is 1. The zero-order chi connectivity index (χ0) is 10.7. The summed E-state index contributed by atoms with van der Waals surface area (Å²) in [5.41, 5.74) is -1.10. The van der Waals surface area contributed by atoms with Gasteiger partial charge in [0.25, 0.3) is 0 Å². The van der Waals surface area contributed by atoms with Crippen LogP contribution in [0.15, 0.2) is 0 Å². The van der Waals surface area contributed by atoms with Crippen molar-refractivity contribution in [3.63, 3.8) is 0 Å². The van der Waals surface area contributed by atoms with Crippen LogP contribution < -0.4 is 0 Å². The first kappa shape index (κ1) is 12.6. The van der Waals surface area contributed by atoms with Gasteiger partial charge in [0.1, 0.15) is 0 Å². The maximum Gasteiger partial charge on any atom is 0.397 e. The molecule has 13 heavy (non-hydrogen) atoms. The summed E-state index contributed by atoms with van der Waals surface area (Å²) >= 11 is 0.590. The summed E-state index contributed by atoms with van der Waals surface area (Å²) in [6.45, 7) is 2.80. The second-order valence-electron chi connectivity index (χ2n) is 3.30. The molecule has 0 atom stereocenters. The standard InChI is InChI=1S/C7H11F3O2S/c1-6(2,5(11)12)3-13-4-7(8,9)10/h3-4H2,1-2H3,(H,11,12). The van der Waals surface area contributed by atoms with E-state index in [1.165, 1.54) is 13.8 Å². The van der Waals surface area contributed by atoms with Crippen LogP contribution in [0.1, 0.15) is 13.8 Å². The molecule has 0 aromatic rings. The number of rotatable bonds is 4. The Morgan fingerprint density at radius 1 is 1.31 bits per heavy atom. The smallest absolute Gasteiger partial charge is 0.397 e. The van der Waals surface area contributed by atoms with Gasteiger partial charge in [0.05, 0.1) is 11.2 Å². The fraction of sp³-hybridized carbons (Fsp3) is 0.857. The zero-order valence-electron chi connectivity index (χ0n) is 7.31. The van der Waals surface area contributed by atoms with Crippen molar-refractivity contribution in [3.05, 3.63) is 0 Å². The van der Waals surface area contributed by atoms with Gasteiger partial charge in [-0.25, -0.2) is 0 Å². The monoisotopic (exact) mass is 216 g/mol.